The maximum atomic E-state index is 12.5. The number of pyridine rings is 1. The Bertz CT molecular complexity index is 858. The number of hydrogen-bond acceptors (Lipinski definition) is 4. The van der Waals surface area contributed by atoms with Crippen LogP contribution in [0.1, 0.15) is 11.1 Å². The fraction of sp³-hybridized carbons (Fsp3) is 0.188. The third-order valence-corrected chi connectivity index (χ3v) is 4.05. The van der Waals surface area contributed by atoms with E-state index in [1.807, 2.05) is 30.5 Å². The Hall–Kier alpha value is -2.14. The minimum atomic E-state index is -0.0524. The van der Waals surface area contributed by atoms with E-state index in [4.69, 9.17) is 0 Å². The molecular formula is C16H15N3OS. The van der Waals surface area contributed by atoms with Gasteiger partial charge in [-0.2, -0.15) is 0 Å². The lowest BCUT2D eigenvalue weighted by Gasteiger charge is -2.09. The number of hydrogen-bond donors (Lipinski definition) is 0. The molecule has 0 N–H and O–H groups in total. The van der Waals surface area contributed by atoms with E-state index in [0.717, 1.165) is 5.56 Å². The van der Waals surface area contributed by atoms with Crippen molar-refractivity contribution < 1.29 is 0 Å². The molecule has 0 aliphatic rings. The summed E-state index contributed by atoms with van der Waals surface area (Å²) in [6.07, 6.45) is 5.33. The minimum Gasteiger partial charge on any atom is -0.310 e. The van der Waals surface area contributed by atoms with E-state index in [-0.39, 0.29) is 5.56 Å². The highest BCUT2D eigenvalue weighted by atomic mass is 32.2. The van der Waals surface area contributed by atoms with Crippen molar-refractivity contribution in [1.29, 1.82) is 0 Å². The third kappa shape index (κ3) is 2.69. The Morgan fingerprint density at radius 1 is 1.24 bits per heavy atom. The van der Waals surface area contributed by atoms with Gasteiger partial charge in [0.1, 0.15) is 0 Å². The van der Waals surface area contributed by atoms with Gasteiger partial charge in [0.05, 0.1) is 17.4 Å². The van der Waals surface area contributed by atoms with Gasteiger partial charge in [0.15, 0.2) is 5.16 Å². The molecule has 0 radical (unpaired) electrons. The van der Waals surface area contributed by atoms with Gasteiger partial charge in [-0.15, -0.1) is 0 Å². The molecule has 2 aromatic heterocycles. The molecule has 2 heterocycles. The van der Waals surface area contributed by atoms with E-state index in [1.165, 1.54) is 17.3 Å². The summed E-state index contributed by atoms with van der Waals surface area (Å²) in [6, 6.07) is 9.95. The number of thioether (sulfide) groups is 1. The van der Waals surface area contributed by atoms with Gasteiger partial charge in [-0.3, -0.25) is 4.79 Å². The van der Waals surface area contributed by atoms with Crippen LogP contribution >= 0.6 is 11.8 Å². The lowest BCUT2D eigenvalue weighted by molar-refractivity contribution is 0.761. The molecule has 0 amide bonds. The molecule has 4 nitrogen and oxygen atoms in total. The van der Waals surface area contributed by atoms with Crippen LogP contribution in [0.25, 0.3) is 10.9 Å². The first kappa shape index (κ1) is 13.8. The van der Waals surface area contributed by atoms with Gasteiger partial charge in [-0.25, -0.2) is 9.97 Å². The Morgan fingerprint density at radius 2 is 2.05 bits per heavy atom. The first-order valence-corrected chi connectivity index (χ1v) is 7.86. The Morgan fingerprint density at radius 3 is 2.81 bits per heavy atom. The first-order chi connectivity index (χ1) is 10.2. The fourth-order valence-corrected chi connectivity index (χ4v) is 2.59. The minimum absolute atomic E-state index is 0.0524. The van der Waals surface area contributed by atoms with E-state index in [2.05, 4.69) is 23.0 Å². The van der Waals surface area contributed by atoms with Crippen LogP contribution in [0.3, 0.4) is 0 Å². The number of nitrogens with zero attached hydrogens (tertiary/aromatic N) is 3. The van der Waals surface area contributed by atoms with Gasteiger partial charge in [-0.1, -0.05) is 36.0 Å². The highest BCUT2D eigenvalue weighted by Crippen LogP contribution is 2.13. The van der Waals surface area contributed by atoms with Gasteiger partial charge in [0.25, 0.3) is 5.56 Å². The molecule has 3 aromatic rings. The molecule has 0 unspecified atom stereocenters. The van der Waals surface area contributed by atoms with E-state index in [9.17, 15) is 4.79 Å². The Kier molecular flexibility index (Phi) is 3.75. The predicted octanol–water partition coefficient (Wildman–Crippen LogP) is 2.87. The predicted molar refractivity (Wildman–Crippen MR) is 85.9 cm³/mol. The second kappa shape index (κ2) is 5.69. The van der Waals surface area contributed by atoms with Gasteiger partial charge >= 0.3 is 0 Å². The SMILES string of the molecule is CSc1ncc2c(=O)n(Cc3ccccc3C)ccc2n1. The lowest BCUT2D eigenvalue weighted by Crippen LogP contribution is -2.21. The van der Waals surface area contributed by atoms with Crippen molar-refractivity contribution >= 4 is 22.7 Å². The van der Waals surface area contributed by atoms with Crippen LogP contribution in [0.4, 0.5) is 0 Å². The molecule has 5 heteroatoms. The summed E-state index contributed by atoms with van der Waals surface area (Å²) < 4.78 is 1.70. The van der Waals surface area contributed by atoms with Gasteiger partial charge in [-0.05, 0) is 30.4 Å². The van der Waals surface area contributed by atoms with Crippen molar-refractivity contribution in [3.63, 3.8) is 0 Å². The normalized spacial score (nSPS) is 11.0. The fourth-order valence-electron chi connectivity index (χ4n) is 2.25. The summed E-state index contributed by atoms with van der Waals surface area (Å²) in [5.41, 5.74) is 2.96. The standard InChI is InChI=1S/C16H15N3OS/c1-11-5-3-4-6-12(11)10-19-8-7-14-13(15(19)20)9-17-16(18-14)21-2/h3-9H,10H2,1-2H3. The quantitative estimate of drug-likeness (QED) is 0.551. The van der Waals surface area contributed by atoms with Crippen molar-refractivity contribution in [1.82, 2.24) is 14.5 Å². The summed E-state index contributed by atoms with van der Waals surface area (Å²) in [4.78, 5) is 21.1. The van der Waals surface area contributed by atoms with Crippen molar-refractivity contribution in [2.24, 2.45) is 0 Å². The van der Waals surface area contributed by atoms with E-state index >= 15 is 0 Å². The van der Waals surface area contributed by atoms with E-state index in [1.54, 1.807) is 17.0 Å². The Balaban J connectivity index is 2.07. The number of fused-ring (bicyclic) bond motifs is 1. The molecule has 0 aliphatic carbocycles. The van der Waals surface area contributed by atoms with Gasteiger partial charge < -0.3 is 4.57 Å². The van der Waals surface area contributed by atoms with E-state index < -0.39 is 0 Å². The molecule has 21 heavy (non-hydrogen) atoms. The van der Waals surface area contributed by atoms with E-state index in [0.29, 0.717) is 22.6 Å². The summed E-state index contributed by atoms with van der Waals surface area (Å²) in [5.74, 6) is 0. The number of aryl methyl sites for hydroxylation is 1. The smallest absolute Gasteiger partial charge is 0.261 e. The molecule has 0 bridgehead atoms. The largest absolute Gasteiger partial charge is 0.310 e. The number of rotatable bonds is 3. The van der Waals surface area contributed by atoms with Gasteiger partial charge in [0.2, 0.25) is 0 Å². The van der Waals surface area contributed by atoms with Crippen LogP contribution in [0, 0.1) is 6.92 Å². The maximum absolute atomic E-state index is 12.5. The van der Waals surface area contributed by atoms with Crippen LogP contribution in [-0.2, 0) is 6.54 Å². The molecule has 0 atom stereocenters. The number of aromatic nitrogens is 3. The molecule has 3 rings (SSSR count). The summed E-state index contributed by atoms with van der Waals surface area (Å²) in [6.45, 7) is 2.61. The molecule has 0 spiro atoms. The van der Waals surface area contributed by atoms with Crippen LogP contribution in [-0.4, -0.2) is 20.8 Å². The molecule has 0 aliphatic heterocycles. The molecule has 1 aromatic carbocycles. The second-order valence-electron chi connectivity index (χ2n) is 4.83. The van der Waals surface area contributed by atoms with Crippen molar-refractivity contribution in [2.75, 3.05) is 6.26 Å². The zero-order valence-corrected chi connectivity index (χ0v) is 12.7. The highest BCUT2D eigenvalue weighted by molar-refractivity contribution is 7.98. The first-order valence-electron chi connectivity index (χ1n) is 6.64. The highest BCUT2D eigenvalue weighted by Gasteiger charge is 2.07. The molecule has 0 saturated heterocycles. The average molecular weight is 297 g/mol. The second-order valence-corrected chi connectivity index (χ2v) is 5.60. The average Bonchev–Trinajstić information content (AvgIpc) is 2.51. The molecule has 0 fully saturated rings. The Labute approximate surface area is 126 Å². The summed E-state index contributed by atoms with van der Waals surface area (Å²) in [5, 5.41) is 1.24. The molecule has 106 valence electrons. The van der Waals surface area contributed by atoms with Crippen LogP contribution in [0.2, 0.25) is 0 Å². The summed E-state index contributed by atoms with van der Waals surface area (Å²) >= 11 is 1.47. The van der Waals surface area contributed by atoms with Gasteiger partial charge in [0, 0.05) is 12.4 Å². The maximum Gasteiger partial charge on any atom is 0.261 e. The summed E-state index contributed by atoms with van der Waals surface area (Å²) in [7, 11) is 0. The van der Waals surface area contributed by atoms with Crippen molar-refractivity contribution in [2.45, 2.75) is 18.6 Å². The monoisotopic (exact) mass is 297 g/mol. The molecular weight excluding hydrogens is 282 g/mol. The van der Waals surface area contributed by atoms with Crippen LogP contribution in [0.15, 0.2) is 52.7 Å². The number of benzene rings is 1. The lowest BCUT2D eigenvalue weighted by atomic mass is 10.1. The van der Waals surface area contributed by atoms with Crippen LogP contribution < -0.4 is 5.56 Å². The van der Waals surface area contributed by atoms with Crippen molar-refractivity contribution in [3.05, 3.63) is 64.2 Å². The third-order valence-electron chi connectivity index (χ3n) is 3.48. The molecule has 0 saturated carbocycles. The van der Waals surface area contributed by atoms with Crippen LogP contribution in [0.5, 0.6) is 0 Å². The zero-order chi connectivity index (χ0) is 14.8. The zero-order valence-electron chi connectivity index (χ0n) is 11.9. The topological polar surface area (TPSA) is 47.8 Å². The van der Waals surface area contributed by atoms with Crippen molar-refractivity contribution in [3.8, 4) is 0 Å².